The molecule has 2 aliphatic heterocycles. The molecule has 0 N–H and O–H groups in total. The van der Waals surface area contributed by atoms with E-state index < -0.39 is 0 Å². The molecule has 4 heteroatoms. The van der Waals surface area contributed by atoms with Gasteiger partial charge < -0.3 is 4.90 Å². The number of carbonyl (C=O) groups is 1. The van der Waals surface area contributed by atoms with Gasteiger partial charge in [-0.1, -0.05) is 6.42 Å². The minimum absolute atomic E-state index is 0.203. The lowest BCUT2D eigenvalue weighted by Gasteiger charge is -2.46. The van der Waals surface area contributed by atoms with Crippen LogP contribution in [0.25, 0.3) is 0 Å². The van der Waals surface area contributed by atoms with Crippen molar-refractivity contribution in [2.45, 2.75) is 51.1 Å². The predicted molar refractivity (Wildman–Crippen MR) is 74.2 cm³/mol. The Morgan fingerprint density at radius 3 is 2.42 bits per heavy atom. The van der Waals surface area contributed by atoms with Crippen molar-refractivity contribution in [2.24, 2.45) is 13.0 Å². The molecule has 2 fully saturated rings. The summed E-state index contributed by atoms with van der Waals surface area (Å²) in [5.74, 6) is 0.519. The fourth-order valence-electron chi connectivity index (χ4n) is 3.89. The standard InChI is InChI=1S/C15H23N3O/c1-10-14(9-17(2)16-10)15(19)11-7-12-5-4-6-13(8-11)18(12)3/h9,11-13H,4-8H2,1-3H3. The maximum atomic E-state index is 12.7. The van der Waals surface area contributed by atoms with Crippen molar-refractivity contribution in [1.82, 2.24) is 14.7 Å². The van der Waals surface area contributed by atoms with Crippen LogP contribution in [0.1, 0.15) is 48.2 Å². The lowest BCUT2D eigenvalue weighted by atomic mass is 9.76. The second-order valence-corrected chi connectivity index (χ2v) is 6.24. The Morgan fingerprint density at radius 1 is 1.26 bits per heavy atom. The Bertz CT molecular complexity index is 480. The van der Waals surface area contributed by atoms with Gasteiger partial charge in [-0.2, -0.15) is 5.10 Å². The van der Waals surface area contributed by atoms with Gasteiger partial charge in [0.2, 0.25) is 0 Å². The van der Waals surface area contributed by atoms with Gasteiger partial charge in [0.25, 0.3) is 0 Å². The zero-order chi connectivity index (χ0) is 13.6. The van der Waals surface area contributed by atoms with E-state index in [0.717, 1.165) is 24.1 Å². The highest BCUT2D eigenvalue weighted by Gasteiger charge is 2.39. The Kier molecular flexibility index (Phi) is 3.21. The maximum Gasteiger partial charge on any atom is 0.169 e. The summed E-state index contributed by atoms with van der Waals surface area (Å²) in [6.45, 7) is 1.93. The molecule has 2 bridgehead atoms. The Labute approximate surface area is 114 Å². The van der Waals surface area contributed by atoms with E-state index >= 15 is 0 Å². The SMILES string of the molecule is Cc1nn(C)cc1C(=O)C1CC2CCCC(C1)N2C. The number of nitrogens with zero attached hydrogens (tertiary/aromatic N) is 3. The van der Waals surface area contributed by atoms with Gasteiger partial charge in [-0.25, -0.2) is 0 Å². The number of carbonyl (C=O) groups excluding carboxylic acids is 1. The molecule has 3 heterocycles. The van der Waals surface area contributed by atoms with Crippen molar-refractivity contribution >= 4 is 5.78 Å². The van der Waals surface area contributed by atoms with Crippen LogP contribution in [-0.2, 0) is 7.05 Å². The fourth-order valence-corrected chi connectivity index (χ4v) is 3.89. The Morgan fingerprint density at radius 2 is 1.89 bits per heavy atom. The van der Waals surface area contributed by atoms with Crippen LogP contribution in [0.5, 0.6) is 0 Å². The van der Waals surface area contributed by atoms with Crippen LogP contribution in [0.4, 0.5) is 0 Å². The molecule has 1 aromatic rings. The summed E-state index contributed by atoms with van der Waals surface area (Å²) in [4.78, 5) is 15.2. The summed E-state index contributed by atoms with van der Waals surface area (Å²) < 4.78 is 1.75. The van der Waals surface area contributed by atoms with Gasteiger partial charge in [0, 0.05) is 31.2 Å². The van der Waals surface area contributed by atoms with E-state index in [2.05, 4.69) is 17.0 Å². The summed E-state index contributed by atoms with van der Waals surface area (Å²) in [6, 6.07) is 1.22. The zero-order valence-corrected chi connectivity index (χ0v) is 12.1. The topological polar surface area (TPSA) is 38.1 Å². The van der Waals surface area contributed by atoms with E-state index in [4.69, 9.17) is 0 Å². The molecule has 1 aromatic heterocycles. The van der Waals surface area contributed by atoms with E-state index in [0.29, 0.717) is 17.9 Å². The zero-order valence-electron chi connectivity index (χ0n) is 12.1. The molecule has 19 heavy (non-hydrogen) atoms. The normalized spacial score (nSPS) is 31.4. The summed E-state index contributed by atoms with van der Waals surface area (Å²) >= 11 is 0. The van der Waals surface area contributed by atoms with Crippen molar-refractivity contribution in [1.29, 1.82) is 0 Å². The number of piperidine rings is 2. The number of rotatable bonds is 2. The molecule has 0 amide bonds. The molecule has 2 saturated heterocycles. The number of Topliss-reactive ketones (excluding diaryl/α,β-unsaturated/α-hetero) is 1. The van der Waals surface area contributed by atoms with Crippen LogP contribution in [0.3, 0.4) is 0 Å². The van der Waals surface area contributed by atoms with Crippen LogP contribution in [-0.4, -0.2) is 39.6 Å². The van der Waals surface area contributed by atoms with Crippen molar-refractivity contribution in [3.05, 3.63) is 17.5 Å². The maximum absolute atomic E-state index is 12.7. The molecule has 104 valence electrons. The van der Waals surface area contributed by atoms with Crippen molar-refractivity contribution in [3.63, 3.8) is 0 Å². The second-order valence-electron chi connectivity index (χ2n) is 6.24. The molecule has 0 aromatic carbocycles. The van der Waals surface area contributed by atoms with E-state index in [1.807, 2.05) is 20.2 Å². The molecule has 0 aliphatic carbocycles. The first-order valence-electron chi connectivity index (χ1n) is 7.32. The first-order chi connectivity index (χ1) is 9.06. The molecule has 0 saturated carbocycles. The second kappa shape index (κ2) is 4.75. The van der Waals surface area contributed by atoms with Gasteiger partial charge in [-0.15, -0.1) is 0 Å². The molecule has 3 rings (SSSR count). The minimum Gasteiger partial charge on any atom is -0.300 e. The average Bonchev–Trinajstić information content (AvgIpc) is 2.67. The molecule has 2 aliphatic rings. The third kappa shape index (κ3) is 2.22. The van der Waals surface area contributed by atoms with Crippen LogP contribution >= 0.6 is 0 Å². The number of aromatic nitrogens is 2. The van der Waals surface area contributed by atoms with Crippen molar-refractivity contribution < 1.29 is 4.79 Å². The highest BCUT2D eigenvalue weighted by atomic mass is 16.1. The van der Waals surface area contributed by atoms with Gasteiger partial charge in [0.15, 0.2) is 5.78 Å². The molecular formula is C15H23N3O. The van der Waals surface area contributed by atoms with E-state index in [9.17, 15) is 4.79 Å². The molecule has 4 nitrogen and oxygen atoms in total. The van der Waals surface area contributed by atoms with E-state index in [-0.39, 0.29) is 5.92 Å². The van der Waals surface area contributed by atoms with Crippen molar-refractivity contribution in [2.75, 3.05) is 7.05 Å². The number of ketones is 1. The highest BCUT2D eigenvalue weighted by molar-refractivity contribution is 5.98. The summed E-state index contributed by atoms with van der Waals surface area (Å²) in [6.07, 6.45) is 7.77. The minimum atomic E-state index is 0.203. The third-order valence-electron chi connectivity index (χ3n) is 4.99. The van der Waals surface area contributed by atoms with Crippen molar-refractivity contribution in [3.8, 4) is 0 Å². The molecule has 2 unspecified atom stereocenters. The van der Waals surface area contributed by atoms with Crippen LogP contribution in [0.2, 0.25) is 0 Å². The van der Waals surface area contributed by atoms with E-state index in [1.165, 1.54) is 19.3 Å². The number of fused-ring (bicyclic) bond motifs is 2. The monoisotopic (exact) mass is 261 g/mol. The first kappa shape index (κ1) is 12.9. The predicted octanol–water partition coefficient (Wildman–Crippen LogP) is 2.17. The van der Waals surface area contributed by atoms with Gasteiger partial charge >= 0.3 is 0 Å². The average molecular weight is 261 g/mol. The summed E-state index contributed by atoms with van der Waals surface area (Å²) in [5, 5.41) is 4.30. The number of hydrogen-bond acceptors (Lipinski definition) is 3. The van der Waals surface area contributed by atoms with Crippen LogP contribution in [0, 0.1) is 12.8 Å². The first-order valence-corrected chi connectivity index (χ1v) is 7.32. The fraction of sp³-hybridized carbons (Fsp3) is 0.733. The Balaban J connectivity index is 1.80. The van der Waals surface area contributed by atoms with Crippen LogP contribution < -0.4 is 0 Å². The van der Waals surface area contributed by atoms with Gasteiger partial charge in [0.1, 0.15) is 0 Å². The van der Waals surface area contributed by atoms with Gasteiger partial charge in [-0.3, -0.25) is 9.48 Å². The summed E-state index contributed by atoms with van der Waals surface area (Å²) in [7, 11) is 4.11. The largest absolute Gasteiger partial charge is 0.300 e. The lowest BCUT2D eigenvalue weighted by Crippen LogP contribution is -2.51. The Hall–Kier alpha value is -1.16. The van der Waals surface area contributed by atoms with Gasteiger partial charge in [0.05, 0.1) is 11.3 Å². The molecular weight excluding hydrogens is 238 g/mol. The lowest BCUT2D eigenvalue weighted by molar-refractivity contribution is 0.0338. The van der Waals surface area contributed by atoms with Gasteiger partial charge in [-0.05, 0) is 39.7 Å². The quantitative estimate of drug-likeness (QED) is 0.766. The number of hydrogen-bond donors (Lipinski definition) is 0. The smallest absolute Gasteiger partial charge is 0.169 e. The number of aryl methyl sites for hydroxylation is 2. The van der Waals surface area contributed by atoms with Crippen LogP contribution in [0.15, 0.2) is 6.20 Å². The summed E-state index contributed by atoms with van der Waals surface area (Å²) in [5.41, 5.74) is 1.70. The van der Waals surface area contributed by atoms with E-state index in [1.54, 1.807) is 4.68 Å². The molecule has 2 atom stereocenters. The molecule has 0 spiro atoms. The highest BCUT2D eigenvalue weighted by Crippen LogP contribution is 2.37. The third-order valence-corrected chi connectivity index (χ3v) is 4.99. The molecule has 0 radical (unpaired) electrons.